The van der Waals surface area contributed by atoms with Crippen molar-refractivity contribution in [3.63, 3.8) is 0 Å². The Kier molecular flexibility index (Phi) is 5.24. The van der Waals surface area contributed by atoms with Gasteiger partial charge in [-0.05, 0) is 20.3 Å². The summed E-state index contributed by atoms with van der Waals surface area (Å²) in [4.78, 5) is 21.5. The van der Waals surface area contributed by atoms with E-state index < -0.39 is 23.5 Å². The number of nitrogens with two attached hydrogens (primary N) is 1. The maximum atomic E-state index is 11.3. The summed E-state index contributed by atoms with van der Waals surface area (Å²) in [5, 5.41) is 20.1. The molecule has 6 heteroatoms. The molecule has 0 aromatic heterocycles. The highest BCUT2D eigenvalue weighted by Crippen LogP contribution is 1.99. The second-order valence-electron chi connectivity index (χ2n) is 4.07. The molecule has 0 saturated heterocycles. The second kappa shape index (κ2) is 5.67. The Morgan fingerprint density at radius 1 is 1.47 bits per heavy atom. The minimum atomic E-state index is -0.998. The van der Waals surface area contributed by atoms with Gasteiger partial charge in [0.1, 0.15) is 0 Å². The number of nitrogens with one attached hydrogen (secondary N) is 1. The first-order valence-corrected chi connectivity index (χ1v) is 4.70. The van der Waals surface area contributed by atoms with Gasteiger partial charge in [-0.15, -0.1) is 0 Å². The van der Waals surface area contributed by atoms with Crippen LogP contribution in [0.1, 0.15) is 26.7 Å². The molecule has 0 aromatic rings. The highest BCUT2D eigenvalue weighted by Gasteiger charge is 2.18. The van der Waals surface area contributed by atoms with E-state index in [1.165, 1.54) is 0 Å². The van der Waals surface area contributed by atoms with Crippen LogP contribution in [0, 0.1) is 0 Å². The third-order valence-corrected chi connectivity index (χ3v) is 1.70. The van der Waals surface area contributed by atoms with Crippen molar-refractivity contribution in [2.24, 2.45) is 5.73 Å². The number of hydrogen-bond acceptors (Lipinski definition) is 4. The zero-order valence-corrected chi connectivity index (χ0v) is 8.99. The van der Waals surface area contributed by atoms with Crippen molar-refractivity contribution in [3.05, 3.63) is 0 Å². The second-order valence-corrected chi connectivity index (χ2v) is 4.07. The predicted octanol–water partition coefficient (Wildman–Crippen LogP) is -0.934. The fraction of sp³-hybridized carbons (Fsp3) is 0.778. The summed E-state index contributed by atoms with van der Waals surface area (Å²) < 4.78 is 0. The van der Waals surface area contributed by atoms with Gasteiger partial charge in [0.2, 0.25) is 5.91 Å². The van der Waals surface area contributed by atoms with E-state index in [9.17, 15) is 14.7 Å². The number of aliphatic hydroxyl groups is 1. The van der Waals surface area contributed by atoms with Gasteiger partial charge in [0.15, 0.2) is 0 Å². The molecule has 15 heavy (non-hydrogen) atoms. The lowest BCUT2D eigenvalue weighted by Gasteiger charge is -2.19. The molecule has 0 saturated carbocycles. The summed E-state index contributed by atoms with van der Waals surface area (Å²) in [5.74, 6) is -1.43. The van der Waals surface area contributed by atoms with Crippen LogP contribution in [-0.4, -0.2) is 40.3 Å². The third-order valence-electron chi connectivity index (χ3n) is 1.70. The van der Waals surface area contributed by atoms with E-state index in [-0.39, 0.29) is 19.4 Å². The number of carbonyl (C=O) groups excluding carboxylic acids is 1. The van der Waals surface area contributed by atoms with Crippen LogP contribution >= 0.6 is 0 Å². The topological polar surface area (TPSA) is 113 Å². The molecular weight excluding hydrogens is 200 g/mol. The number of rotatable bonds is 6. The third kappa shape index (κ3) is 7.90. The monoisotopic (exact) mass is 218 g/mol. The number of aliphatic carboxylic acids is 1. The molecule has 0 aromatic carbocycles. The van der Waals surface area contributed by atoms with E-state index >= 15 is 0 Å². The summed E-state index contributed by atoms with van der Waals surface area (Å²) in [6, 6.07) is -0.844. The van der Waals surface area contributed by atoms with Crippen LogP contribution in [-0.2, 0) is 9.59 Å². The van der Waals surface area contributed by atoms with Crippen molar-refractivity contribution >= 4 is 11.9 Å². The van der Waals surface area contributed by atoms with Crippen LogP contribution in [0.25, 0.3) is 0 Å². The minimum Gasteiger partial charge on any atom is -0.481 e. The summed E-state index contributed by atoms with van der Waals surface area (Å²) in [5.41, 5.74) is 4.44. The van der Waals surface area contributed by atoms with Crippen LogP contribution in [0.15, 0.2) is 0 Å². The number of carboxylic acid groups (broad SMARTS) is 1. The van der Waals surface area contributed by atoms with Gasteiger partial charge in [-0.2, -0.15) is 0 Å². The highest BCUT2D eigenvalue weighted by atomic mass is 16.4. The van der Waals surface area contributed by atoms with Gasteiger partial charge < -0.3 is 21.3 Å². The molecule has 0 radical (unpaired) electrons. The molecule has 1 unspecified atom stereocenters. The number of amides is 1. The molecule has 0 heterocycles. The van der Waals surface area contributed by atoms with Crippen LogP contribution < -0.4 is 11.1 Å². The number of carbonyl (C=O) groups is 2. The molecule has 88 valence electrons. The van der Waals surface area contributed by atoms with Crippen molar-refractivity contribution in [3.8, 4) is 0 Å². The van der Waals surface area contributed by atoms with Crippen molar-refractivity contribution in [1.29, 1.82) is 0 Å². The van der Waals surface area contributed by atoms with Gasteiger partial charge in [-0.25, -0.2) is 0 Å². The molecule has 0 rings (SSSR count). The van der Waals surface area contributed by atoms with Crippen LogP contribution in [0.4, 0.5) is 0 Å². The first-order chi connectivity index (χ1) is 6.72. The standard InChI is InChI=1S/C9H18N2O4/c1-9(2,15)5-11-8(14)6(10)3-4-7(12)13/h6,15H,3-5,10H2,1-2H3,(H,11,14)(H,12,13). The van der Waals surface area contributed by atoms with E-state index in [1.807, 2.05) is 0 Å². The zero-order chi connectivity index (χ0) is 12.1. The van der Waals surface area contributed by atoms with Gasteiger partial charge in [-0.1, -0.05) is 0 Å². The Labute approximate surface area is 88.5 Å². The van der Waals surface area contributed by atoms with Crippen LogP contribution in [0.3, 0.4) is 0 Å². The maximum absolute atomic E-state index is 11.3. The normalized spacial score (nSPS) is 13.3. The Morgan fingerprint density at radius 2 is 2.00 bits per heavy atom. The van der Waals surface area contributed by atoms with Gasteiger partial charge in [0.25, 0.3) is 0 Å². The molecule has 6 nitrogen and oxygen atoms in total. The van der Waals surface area contributed by atoms with E-state index in [4.69, 9.17) is 10.8 Å². The highest BCUT2D eigenvalue weighted by molar-refractivity contribution is 5.82. The molecule has 1 atom stereocenters. The van der Waals surface area contributed by atoms with E-state index in [2.05, 4.69) is 5.32 Å². The molecule has 0 aliphatic heterocycles. The van der Waals surface area contributed by atoms with Crippen molar-refractivity contribution < 1.29 is 19.8 Å². The van der Waals surface area contributed by atoms with Crippen molar-refractivity contribution in [1.82, 2.24) is 5.32 Å². The fourth-order valence-electron chi connectivity index (χ4n) is 0.845. The lowest BCUT2D eigenvalue weighted by Crippen LogP contribution is -2.46. The quantitative estimate of drug-likeness (QED) is 0.460. The molecule has 0 fully saturated rings. The number of carboxylic acids is 1. The smallest absolute Gasteiger partial charge is 0.303 e. The largest absolute Gasteiger partial charge is 0.481 e. The van der Waals surface area contributed by atoms with E-state index in [0.29, 0.717) is 0 Å². The molecule has 5 N–H and O–H groups in total. The fourth-order valence-corrected chi connectivity index (χ4v) is 0.845. The van der Waals surface area contributed by atoms with Crippen LogP contribution in [0.2, 0.25) is 0 Å². The molecule has 0 spiro atoms. The summed E-state index contributed by atoms with van der Waals surface area (Å²) in [6.45, 7) is 3.19. The average molecular weight is 218 g/mol. The Bertz CT molecular complexity index is 235. The van der Waals surface area contributed by atoms with Gasteiger partial charge in [-0.3, -0.25) is 9.59 Å². The van der Waals surface area contributed by atoms with Gasteiger partial charge >= 0.3 is 5.97 Å². The van der Waals surface area contributed by atoms with Gasteiger partial charge in [0, 0.05) is 13.0 Å². The first-order valence-electron chi connectivity index (χ1n) is 4.70. The van der Waals surface area contributed by atoms with Crippen LogP contribution in [0.5, 0.6) is 0 Å². The molecular formula is C9H18N2O4. The van der Waals surface area contributed by atoms with Gasteiger partial charge in [0.05, 0.1) is 11.6 Å². The number of hydrogen-bond donors (Lipinski definition) is 4. The first kappa shape index (κ1) is 13.9. The zero-order valence-electron chi connectivity index (χ0n) is 8.99. The minimum absolute atomic E-state index is 0.0899. The Morgan fingerprint density at radius 3 is 2.40 bits per heavy atom. The average Bonchev–Trinajstić information content (AvgIpc) is 2.08. The SMILES string of the molecule is CC(C)(O)CNC(=O)C(N)CCC(=O)O. The van der Waals surface area contributed by atoms with Crippen molar-refractivity contribution in [2.75, 3.05) is 6.54 Å². The predicted molar refractivity (Wildman–Crippen MR) is 54.2 cm³/mol. The molecule has 0 bridgehead atoms. The summed E-state index contributed by atoms with van der Waals surface area (Å²) >= 11 is 0. The Hall–Kier alpha value is -1.14. The van der Waals surface area contributed by atoms with E-state index in [1.54, 1.807) is 13.8 Å². The molecule has 1 amide bonds. The summed E-state index contributed by atoms with van der Waals surface area (Å²) in [6.07, 6.45) is -0.0515. The van der Waals surface area contributed by atoms with Crippen molar-refractivity contribution in [2.45, 2.75) is 38.3 Å². The van der Waals surface area contributed by atoms with E-state index in [0.717, 1.165) is 0 Å². The summed E-state index contributed by atoms with van der Waals surface area (Å²) in [7, 11) is 0. The lowest BCUT2D eigenvalue weighted by molar-refractivity contribution is -0.137. The Balaban J connectivity index is 3.84. The lowest BCUT2D eigenvalue weighted by atomic mass is 10.1. The molecule has 0 aliphatic carbocycles. The maximum Gasteiger partial charge on any atom is 0.303 e. The molecule has 0 aliphatic rings.